The summed E-state index contributed by atoms with van der Waals surface area (Å²) >= 11 is 0. The number of nitrogens with one attached hydrogen (secondary N) is 2. The van der Waals surface area contributed by atoms with Crippen LogP contribution in [0.25, 0.3) is 0 Å². The van der Waals surface area contributed by atoms with E-state index in [9.17, 15) is 4.79 Å². The molecule has 2 N–H and O–H groups in total. The molecule has 0 unspecified atom stereocenters. The minimum Gasteiger partial charge on any atom is -0.325 e. The highest BCUT2D eigenvalue weighted by molar-refractivity contribution is 5.92. The van der Waals surface area contributed by atoms with Gasteiger partial charge in [-0.2, -0.15) is 0 Å². The highest BCUT2D eigenvalue weighted by Gasteiger charge is 2.15. The van der Waals surface area contributed by atoms with Crippen LogP contribution in [0, 0.1) is 5.92 Å². The maximum absolute atomic E-state index is 11.5. The molecule has 1 aromatic rings. The maximum atomic E-state index is 11.5. The Labute approximate surface area is 133 Å². The largest absolute Gasteiger partial charge is 0.325 e. The Morgan fingerprint density at radius 1 is 1.24 bits per heavy atom. The van der Waals surface area contributed by atoms with Gasteiger partial charge in [0.05, 0.1) is 6.54 Å². The number of carbonyl (C=O) groups is 1. The van der Waals surface area contributed by atoms with Crippen LogP contribution in [0.4, 0.5) is 5.69 Å². The van der Waals surface area contributed by atoms with E-state index in [1.54, 1.807) is 7.05 Å². The lowest BCUT2D eigenvalue weighted by Gasteiger charge is -2.30. The van der Waals surface area contributed by atoms with Crippen LogP contribution >= 0.6 is 12.4 Å². The summed E-state index contributed by atoms with van der Waals surface area (Å²) in [5.41, 5.74) is 2.17. The molecule has 1 aliphatic rings. The Hall–Kier alpha value is -1.10. The molecule has 1 fully saturated rings. The number of hydrogen-bond donors (Lipinski definition) is 2. The van der Waals surface area contributed by atoms with Gasteiger partial charge in [-0.25, -0.2) is 0 Å². The summed E-state index contributed by atoms with van der Waals surface area (Å²) in [6.07, 6.45) is 2.61. The molecule has 4 nitrogen and oxygen atoms in total. The molecule has 0 atom stereocenters. The number of hydrogen-bond acceptors (Lipinski definition) is 3. The van der Waals surface area contributed by atoms with E-state index >= 15 is 0 Å². The van der Waals surface area contributed by atoms with Crippen molar-refractivity contribution in [1.29, 1.82) is 0 Å². The number of piperidine rings is 1. The minimum atomic E-state index is -0.00901. The molecule has 0 bridgehead atoms. The zero-order chi connectivity index (χ0) is 14.4. The predicted octanol–water partition coefficient (Wildman–Crippen LogP) is 2.50. The lowest BCUT2D eigenvalue weighted by atomic mass is 9.99. The molecule has 0 aromatic heterocycles. The van der Waals surface area contributed by atoms with Crippen LogP contribution in [0.2, 0.25) is 0 Å². The van der Waals surface area contributed by atoms with Crippen molar-refractivity contribution in [3.8, 4) is 0 Å². The summed E-state index contributed by atoms with van der Waals surface area (Å²) in [6, 6.07) is 8.17. The topological polar surface area (TPSA) is 44.4 Å². The average molecular weight is 312 g/mol. The summed E-state index contributed by atoms with van der Waals surface area (Å²) in [5, 5.41) is 5.70. The fourth-order valence-electron chi connectivity index (χ4n) is 2.54. The van der Waals surface area contributed by atoms with E-state index in [2.05, 4.69) is 34.6 Å². The molecule has 0 spiro atoms. The van der Waals surface area contributed by atoms with Gasteiger partial charge in [0, 0.05) is 12.2 Å². The Balaban J connectivity index is 0.00000220. The molecule has 21 heavy (non-hydrogen) atoms. The molecule has 0 radical (unpaired) electrons. The molecule has 0 aliphatic carbocycles. The van der Waals surface area contributed by atoms with Crippen molar-refractivity contribution in [3.63, 3.8) is 0 Å². The van der Waals surface area contributed by atoms with Crippen LogP contribution < -0.4 is 10.6 Å². The molecule has 1 saturated heterocycles. The number of halogens is 1. The second kappa shape index (κ2) is 9.03. The quantitative estimate of drug-likeness (QED) is 0.878. The second-order valence-electron chi connectivity index (χ2n) is 5.73. The van der Waals surface area contributed by atoms with Crippen LogP contribution in [0.5, 0.6) is 0 Å². The van der Waals surface area contributed by atoms with Crippen molar-refractivity contribution < 1.29 is 4.79 Å². The van der Waals surface area contributed by atoms with Crippen molar-refractivity contribution in [3.05, 3.63) is 29.8 Å². The first kappa shape index (κ1) is 18.0. The summed E-state index contributed by atoms with van der Waals surface area (Å²) in [6.45, 7) is 6.08. The third kappa shape index (κ3) is 6.04. The Morgan fingerprint density at radius 2 is 1.86 bits per heavy atom. The van der Waals surface area contributed by atoms with Gasteiger partial charge in [0.1, 0.15) is 0 Å². The van der Waals surface area contributed by atoms with Gasteiger partial charge in [0.15, 0.2) is 0 Å². The van der Waals surface area contributed by atoms with Crippen molar-refractivity contribution in [1.82, 2.24) is 10.2 Å². The molecular formula is C16H26ClN3O. The predicted molar refractivity (Wildman–Crippen MR) is 89.9 cm³/mol. The number of benzene rings is 1. The third-order valence-corrected chi connectivity index (χ3v) is 3.86. The first-order valence-electron chi connectivity index (χ1n) is 7.43. The van der Waals surface area contributed by atoms with Crippen LogP contribution in [-0.4, -0.2) is 37.5 Å². The SMILES string of the molecule is CNCC(=O)Nc1ccc(CN2CCC(C)CC2)cc1.Cl. The van der Waals surface area contributed by atoms with Crippen LogP contribution in [0.1, 0.15) is 25.3 Å². The van der Waals surface area contributed by atoms with Gasteiger partial charge < -0.3 is 10.6 Å². The van der Waals surface area contributed by atoms with Crippen molar-refractivity contribution >= 4 is 24.0 Å². The molecule has 2 rings (SSSR count). The highest BCUT2D eigenvalue weighted by Crippen LogP contribution is 2.18. The molecule has 5 heteroatoms. The van der Waals surface area contributed by atoms with E-state index in [-0.39, 0.29) is 18.3 Å². The number of amides is 1. The number of likely N-dealkylation sites (N-methyl/N-ethyl adjacent to an activating group) is 1. The van der Waals surface area contributed by atoms with E-state index in [0.717, 1.165) is 18.2 Å². The standard InChI is InChI=1S/C16H25N3O.ClH/c1-13-7-9-19(10-8-13)12-14-3-5-15(6-4-14)18-16(20)11-17-2;/h3-6,13,17H,7-12H2,1-2H3,(H,18,20);1H. The van der Waals surface area contributed by atoms with E-state index in [1.807, 2.05) is 12.1 Å². The molecule has 0 saturated carbocycles. The second-order valence-corrected chi connectivity index (χ2v) is 5.73. The van der Waals surface area contributed by atoms with E-state index in [4.69, 9.17) is 0 Å². The lowest BCUT2D eigenvalue weighted by molar-refractivity contribution is -0.115. The maximum Gasteiger partial charge on any atom is 0.238 e. The fourth-order valence-corrected chi connectivity index (χ4v) is 2.54. The summed E-state index contributed by atoms with van der Waals surface area (Å²) < 4.78 is 0. The number of rotatable bonds is 5. The van der Waals surface area contributed by atoms with Gasteiger partial charge in [-0.05, 0) is 56.6 Å². The molecule has 118 valence electrons. The van der Waals surface area contributed by atoms with Gasteiger partial charge in [-0.3, -0.25) is 9.69 Å². The van der Waals surface area contributed by atoms with Crippen molar-refractivity contribution in [2.75, 3.05) is 32.0 Å². The Morgan fingerprint density at radius 3 is 2.43 bits per heavy atom. The summed E-state index contributed by atoms with van der Waals surface area (Å²) in [4.78, 5) is 14.0. The van der Waals surface area contributed by atoms with Crippen molar-refractivity contribution in [2.24, 2.45) is 5.92 Å². The van der Waals surface area contributed by atoms with E-state index in [0.29, 0.717) is 6.54 Å². The molecule has 1 amide bonds. The van der Waals surface area contributed by atoms with Gasteiger partial charge in [-0.1, -0.05) is 19.1 Å². The van der Waals surface area contributed by atoms with Crippen LogP contribution in [-0.2, 0) is 11.3 Å². The van der Waals surface area contributed by atoms with Gasteiger partial charge in [-0.15, -0.1) is 12.4 Å². The smallest absolute Gasteiger partial charge is 0.238 e. The third-order valence-electron chi connectivity index (χ3n) is 3.86. The van der Waals surface area contributed by atoms with Gasteiger partial charge >= 0.3 is 0 Å². The highest BCUT2D eigenvalue weighted by atomic mass is 35.5. The zero-order valence-corrected chi connectivity index (χ0v) is 13.7. The lowest BCUT2D eigenvalue weighted by Crippen LogP contribution is -2.32. The number of anilines is 1. The molecule has 1 heterocycles. The zero-order valence-electron chi connectivity index (χ0n) is 12.9. The monoisotopic (exact) mass is 311 g/mol. The van der Waals surface area contributed by atoms with Crippen LogP contribution in [0.15, 0.2) is 24.3 Å². The van der Waals surface area contributed by atoms with E-state index < -0.39 is 0 Å². The van der Waals surface area contributed by atoms with Gasteiger partial charge in [0.2, 0.25) is 5.91 Å². The number of nitrogens with zero attached hydrogens (tertiary/aromatic N) is 1. The van der Waals surface area contributed by atoms with Crippen LogP contribution in [0.3, 0.4) is 0 Å². The van der Waals surface area contributed by atoms with Gasteiger partial charge in [0.25, 0.3) is 0 Å². The fraction of sp³-hybridized carbons (Fsp3) is 0.562. The number of carbonyl (C=O) groups excluding carboxylic acids is 1. The van der Waals surface area contributed by atoms with Crippen molar-refractivity contribution in [2.45, 2.75) is 26.3 Å². The summed E-state index contributed by atoms with van der Waals surface area (Å²) in [7, 11) is 1.77. The normalized spacial score (nSPS) is 16.3. The first-order chi connectivity index (χ1) is 9.67. The first-order valence-corrected chi connectivity index (χ1v) is 7.43. The summed E-state index contributed by atoms with van der Waals surface area (Å²) in [5.74, 6) is 0.862. The molecule has 1 aromatic carbocycles. The Bertz CT molecular complexity index is 428. The molecular weight excluding hydrogens is 286 g/mol. The average Bonchev–Trinajstić information content (AvgIpc) is 2.44. The molecule has 1 aliphatic heterocycles. The van der Waals surface area contributed by atoms with E-state index in [1.165, 1.54) is 31.5 Å². The minimum absolute atomic E-state index is 0. The Kier molecular flexibility index (Phi) is 7.72. The number of likely N-dealkylation sites (tertiary alicyclic amines) is 1.